The van der Waals surface area contributed by atoms with Gasteiger partial charge in [-0.05, 0) is 18.6 Å². The fraction of sp³-hybridized carbons (Fsp3) is 0.400. The van der Waals surface area contributed by atoms with Gasteiger partial charge in [-0.2, -0.15) is 0 Å². The Morgan fingerprint density at radius 3 is 2.68 bits per heavy atom. The van der Waals surface area contributed by atoms with E-state index >= 15 is 0 Å². The lowest BCUT2D eigenvalue weighted by atomic mass is 10.1. The molecule has 2 rings (SSSR count). The maximum absolute atomic E-state index is 12.4. The summed E-state index contributed by atoms with van der Waals surface area (Å²) in [6.45, 7) is 5.61. The van der Waals surface area contributed by atoms with E-state index in [4.69, 9.17) is 12.2 Å². The van der Waals surface area contributed by atoms with Crippen LogP contribution < -0.4 is 5.73 Å². The number of carbonyl (C=O) groups is 1. The number of anilines is 1. The molecule has 100 valence electrons. The second-order valence-electron chi connectivity index (χ2n) is 4.81. The second-order valence-corrected chi connectivity index (χ2v) is 4.81. The number of terminal acetylenes is 1. The van der Waals surface area contributed by atoms with Crippen LogP contribution in [-0.4, -0.2) is 48.4 Å². The van der Waals surface area contributed by atoms with Gasteiger partial charge in [0.15, 0.2) is 0 Å². The lowest BCUT2D eigenvalue weighted by Gasteiger charge is -2.34. The summed E-state index contributed by atoms with van der Waals surface area (Å²) in [6, 6.07) is 5.57. The van der Waals surface area contributed by atoms with E-state index in [9.17, 15) is 4.79 Å². The van der Waals surface area contributed by atoms with Crippen LogP contribution in [0.1, 0.15) is 15.9 Å². The van der Waals surface area contributed by atoms with E-state index in [1.54, 1.807) is 6.07 Å². The highest BCUT2D eigenvalue weighted by Crippen LogP contribution is 2.19. The molecule has 0 atom stereocenters. The number of piperazine rings is 1. The molecule has 0 spiro atoms. The first kappa shape index (κ1) is 13.4. The minimum absolute atomic E-state index is 0.0153. The number of benzene rings is 1. The number of para-hydroxylation sites is 1. The van der Waals surface area contributed by atoms with Crippen LogP contribution in [-0.2, 0) is 0 Å². The fourth-order valence-electron chi connectivity index (χ4n) is 2.28. The molecule has 0 aromatic heterocycles. The van der Waals surface area contributed by atoms with Crippen molar-refractivity contribution in [3.8, 4) is 12.3 Å². The average Bonchev–Trinajstić information content (AvgIpc) is 2.42. The molecule has 2 N–H and O–H groups in total. The minimum Gasteiger partial charge on any atom is -0.398 e. The molecule has 1 aromatic rings. The third-order valence-corrected chi connectivity index (χ3v) is 3.53. The van der Waals surface area contributed by atoms with E-state index in [-0.39, 0.29) is 5.91 Å². The van der Waals surface area contributed by atoms with Gasteiger partial charge in [0.25, 0.3) is 5.91 Å². The maximum Gasteiger partial charge on any atom is 0.256 e. The zero-order chi connectivity index (χ0) is 13.8. The van der Waals surface area contributed by atoms with Crippen molar-refractivity contribution in [1.29, 1.82) is 0 Å². The predicted molar refractivity (Wildman–Crippen MR) is 76.8 cm³/mol. The molecule has 19 heavy (non-hydrogen) atoms. The largest absolute Gasteiger partial charge is 0.398 e. The molecule has 1 amide bonds. The summed E-state index contributed by atoms with van der Waals surface area (Å²) in [7, 11) is 0. The number of nitrogens with two attached hydrogens (primary N) is 1. The average molecular weight is 257 g/mol. The molecule has 1 saturated heterocycles. The highest BCUT2D eigenvalue weighted by atomic mass is 16.2. The Bertz CT molecular complexity index is 511. The lowest BCUT2D eigenvalue weighted by Crippen LogP contribution is -2.48. The monoisotopic (exact) mass is 257 g/mol. The number of aryl methyl sites for hydroxylation is 1. The van der Waals surface area contributed by atoms with Crippen molar-refractivity contribution in [2.24, 2.45) is 0 Å². The zero-order valence-corrected chi connectivity index (χ0v) is 11.2. The van der Waals surface area contributed by atoms with Gasteiger partial charge >= 0.3 is 0 Å². The topological polar surface area (TPSA) is 49.6 Å². The lowest BCUT2D eigenvalue weighted by molar-refractivity contribution is 0.0653. The van der Waals surface area contributed by atoms with Crippen molar-refractivity contribution >= 4 is 11.6 Å². The van der Waals surface area contributed by atoms with E-state index in [1.807, 2.05) is 24.0 Å². The molecule has 0 radical (unpaired) electrons. The van der Waals surface area contributed by atoms with Gasteiger partial charge in [-0.1, -0.05) is 18.1 Å². The summed E-state index contributed by atoms with van der Waals surface area (Å²) in [5.74, 6) is 2.65. The van der Waals surface area contributed by atoms with E-state index in [1.165, 1.54) is 0 Å². The molecule has 1 fully saturated rings. The molecule has 0 saturated carbocycles. The molecule has 1 aliphatic heterocycles. The highest BCUT2D eigenvalue weighted by Gasteiger charge is 2.23. The number of hydrogen-bond donors (Lipinski definition) is 1. The Hall–Kier alpha value is -1.99. The molecule has 0 unspecified atom stereocenters. The summed E-state index contributed by atoms with van der Waals surface area (Å²) in [5.41, 5.74) is 8.11. The third-order valence-electron chi connectivity index (χ3n) is 3.53. The summed E-state index contributed by atoms with van der Waals surface area (Å²) in [5, 5.41) is 0. The van der Waals surface area contributed by atoms with Crippen LogP contribution in [0.15, 0.2) is 18.2 Å². The van der Waals surface area contributed by atoms with E-state index in [2.05, 4.69) is 10.8 Å². The van der Waals surface area contributed by atoms with Crippen molar-refractivity contribution in [1.82, 2.24) is 9.80 Å². The van der Waals surface area contributed by atoms with Crippen molar-refractivity contribution in [3.63, 3.8) is 0 Å². The first-order valence-corrected chi connectivity index (χ1v) is 6.43. The fourth-order valence-corrected chi connectivity index (χ4v) is 2.28. The zero-order valence-electron chi connectivity index (χ0n) is 11.2. The smallest absolute Gasteiger partial charge is 0.256 e. The Labute approximate surface area is 114 Å². The SMILES string of the molecule is C#CCN1CCN(C(=O)c2cccc(C)c2N)CC1. The van der Waals surface area contributed by atoms with Gasteiger partial charge in [-0.15, -0.1) is 6.42 Å². The number of hydrogen-bond acceptors (Lipinski definition) is 3. The van der Waals surface area contributed by atoms with Crippen LogP contribution in [0.5, 0.6) is 0 Å². The Morgan fingerprint density at radius 2 is 2.05 bits per heavy atom. The molecule has 1 aromatic carbocycles. The van der Waals surface area contributed by atoms with Gasteiger partial charge in [-0.25, -0.2) is 0 Å². The number of rotatable bonds is 2. The maximum atomic E-state index is 12.4. The van der Waals surface area contributed by atoms with Crippen LogP contribution in [0.4, 0.5) is 5.69 Å². The van der Waals surface area contributed by atoms with Crippen LogP contribution in [0.3, 0.4) is 0 Å². The van der Waals surface area contributed by atoms with E-state index in [0.717, 1.165) is 18.7 Å². The number of amides is 1. The van der Waals surface area contributed by atoms with Crippen molar-refractivity contribution in [2.45, 2.75) is 6.92 Å². The number of carbonyl (C=O) groups excluding carboxylic acids is 1. The van der Waals surface area contributed by atoms with Gasteiger partial charge in [0.05, 0.1) is 12.1 Å². The molecule has 1 heterocycles. The van der Waals surface area contributed by atoms with E-state index < -0.39 is 0 Å². The standard InChI is InChI=1S/C15H19N3O/c1-3-7-17-8-10-18(11-9-17)15(19)13-6-4-5-12(2)14(13)16/h1,4-6H,7-11,16H2,2H3. The number of nitrogens with zero attached hydrogens (tertiary/aromatic N) is 2. The van der Waals surface area contributed by atoms with Crippen LogP contribution in [0.25, 0.3) is 0 Å². The van der Waals surface area contributed by atoms with Gasteiger partial charge in [0.1, 0.15) is 0 Å². The molecule has 4 nitrogen and oxygen atoms in total. The molecular weight excluding hydrogens is 238 g/mol. The van der Waals surface area contributed by atoms with Gasteiger partial charge in [0, 0.05) is 31.9 Å². The second kappa shape index (κ2) is 5.77. The Kier molecular flexibility index (Phi) is 4.08. The number of nitrogen functional groups attached to an aromatic ring is 1. The summed E-state index contributed by atoms with van der Waals surface area (Å²) < 4.78 is 0. The molecular formula is C15H19N3O. The Morgan fingerprint density at radius 1 is 1.37 bits per heavy atom. The quantitative estimate of drug-likeness (QED) is 0.634. The predicted octanol–water partition coefficient (Wildman–Crippen LogP) is 0.968. The van der Waals surface area contributed by atoms with Crippen molar-refractivity contribution in [3.05, 3.63) is 29.3 Å². The highest BCUT2D eigenvalue weighted by molar-refractivity contribution is 5.99. The first-order chi connectivity index (χ1) is 9.13. The van der Waals surface area contributed by atoms with Gasteiger partial charge < -0.3 is 10.6 Å². The normalized spacial score (nSPS) is 16.1. The summed E-state index contributed by atoms with van der Waals surface area (Å²) >= 11 is 0. The summed E-state index contributed by atoms with van der Waals surface area (Å²) in [6.07, 6.45) is 5.29. The van der Waals surface area contributed by atoms with Crippen LogP contribution in [0.2, 0.25) is 0 Å². The first-order valence-electron chi connectivity index (χ1n) is 6.43. The Balaban J connectivity index is 2.06. The van der Waals surface area contributed by atoms with Crippen molar-refractivity contribution in [2.75, 3.05) is 38.5 Å². The third kappa shape index (κ3) is 2.88. The van der Waals surface area contributed by atoms with Gasteiger partial charge in [0.2, 0.25) is 0 Å². The molecule has 0 aliphatic carbocycles. The summed E-state index contributed by atoms with van der Waals surface area (Å²) in [4.78, 5) is 16.4. The van der Waals surface area contributed by atoms with Crippen molar-refractivity contribution < 1.29 is 4.79 Å². The molecule has 4 heteroatoms. The van der Waals surface area contributed by atoms with E-state index in [0.29, 0.717) is 30.9 Å². The van der Waals surface area contributed by atoms with Gasteiger partial charge in [-0.3, -0.25) is 9.69 Å². The van der Waals surface area contributed by atoms with Crippen LogP contribution >= 0.6 is 0 Å². The molecule has 0 bridgehead atoms. The van der Waals surface area contributed by atoms with Crippen LogP contribution in [0, 0.1) is 19.3 Å². The minimum atomic E-state index is 0.0153. The molecule has 1 aliphatic rings.